The number of rotatable bonds is 9. The molecule has 0 spiro atoms. The molecule has 5 nitrogen and oxygen atoms in total. The minimum Gasteiger partial charge on any atom is -0.494 e. The van der Waals surface area contributed by atoms with Gasteiger partial charge < -0.3 is 15.0 Å². The fourth-order valence-corrected chi connectivity index (χ4v) is 2.90. The van der Waals surface area contributed by atoms with Gasteiger partial charge in [0, 0.05) is 25.0 Å². The molecule has 1 unspecified atom stereocenters. The van der Waals surface area contributed by atoms with Gasteiger partial charge in [-0.3, -0.25) is 9.59 Å². The number of nitrogens with one attached hydrogen (secondary N) is 1. The molecule has 1 N–H and O–H groups in total. The fourth-order valence-electron chi connectivity index (χ4n) is 2.77. The number of nitrogens with zero attached hydrogens (tertiary/aromatic N) is 1. The lowest BCUT2D eigenvalue weighted by Crippen LogP contribution is -2.46. The number of benzene rings is 2. The molecule has 0 aromatic heterocycles. The molecule has 2 aromatic carbocycles. The van der Waals surface area contributed by atoms with E-state index in [1.807, 2.05) is 43.3 Å². The number of carbonyl (C=O) groups excluding carboxylic acids is 2. The summed E-state index contributed by atoms with van der Waals surface area (Å²) >= 11 is 5.93. The summed E-state index contributed by atoms with van der Waals surface area (Å²) in [6, 6.07) is 14.5. The third kappa shape index (κ3) is 6.57. The first kappa shape index (κ1) is 21.8. The molecule has 0 bridgehead atoms. The standard InChI is InChI=1S/C22H27ClN2O3/c1-16-6-12-20(13-7-16)28-14-4-5-21(26)25(17(2)22(27)24-3)15-18-8-10-19(23)11-9-18/h6-13,17H,4-5,14-15H2,1-3H3,(H,24,27). The van der Waals surface area contributed by atoms with Crippen LogP contribution in [-0.2, 0) is 16.1 Å². The maximum absolute atomic E-state index is 12.8. The van der Waals surface area contributed by atoms with Gasteiger partial charge in [-0.2, -0.15) is 0 Å². The van der Waals surface area contributed by atoms with Crippen molar-refractivity contribution >= 4 is 23.4 Å². The molecular formula is C22H27ClN2O3. The molecule has 2 aromatic rings. The molecule has 0 aliphatic heterocycles. The number of likely N-dealkylation sites (N-methyl/N-ethyl adjacent to an activating group) is 1. The second-order valence-electron chi connectivity index (χ2n) is 6.70. The molecule has 1 atom stereocenters. The van der Waals surface area contributed by atoms with Crippen LogP contribution in [0.5, 0.6) is 5.75 Å². The van der Waals surface area contributed by atoms with E-state index in [1.165, 1.54) is 5.56 Å². The Balaban J connectivity index is 1.94. The molecule has 0 saturated heterocycles. The van der Waals surface area contributed by atoms with Gasteiger partial charge in [0.15, 0.2) is 0 Å². The monoisotopic (exact) mass is 402 g/mol. The molecule has 0 aliphatic carbocycles. The first-order chi connectivity index (χ1) is 13.4. The van der Waals surface area contributed by atoms with E-state index in [0.717, 1.165) is 11.3 Å². The van der Waals surface area contributed by atoms with Crippen molar-refractivity contribution < 1.29 is 14.3 Å². The minimum atomic E-state index is -0.564. The number of carbonyl (C=O) groups is 2. The van der Waals surface area contributed by atoms with Crippen molar-refractivity contribution in [2.45, 2.75) is 39.3 Å². The zero-order valence-electron chi connectivity index (χ0n) is 16.6. The minimum absolute atomic E-state index is 0.0847. The average molecular weight is 403 g/mol. The number of aryl methyl sites for hydroxylation is 1. The highest BCUT2D eigenvalue weighted by Gasteiger charge is 2.25. The second kappa shape index (κ2) is 10.7. The Hall–Kier alpha value is -2.53. The van der Waals surface area contributed by atoms with Crippen molar-refractivity contribution in [3.05, 3.63) is 64.7 Å². The zero-order valence-corrected chi connectivity index (χ0v) is 17.3. The molecule has 0 aliphatic rings. The summed E-state index contributed by atoms with van der Waals surface area (Å²) in [4.78, 5) is 26.5. The van der Waals surface area contributed by atoms with Crippen LogP contribution in [0.25, 0.3) is 0 Å². The number of hydrogen-bond acceptors (Lipinski definition) is 3. The van der Waals surface area contributed by atoms with Crippen molar-refractivity contribution in [3.63, 3.8) is 0 Å². The lowest BCUT2D eigenvalue weighted by molar-refractivity contribution is -0.140. The van der Waals surface area contributed by atoms with Crippen LogP contribution in [-0.4, -0.2) is 36.4 Å². The molecule has 2 amide bonds. The first-order valence-electron chi connectivity index (χ1n) is 9.35. The molecule has 0 fully saturated rings. The molecule has 150 valence electrons. The predicted molar refractivity (Wildman–Crippen MR) is 111 cm³/mol. The Morgan fingerprint density at radius 3 is 2.36 bits per heavy atom. The van der Waals surface area contributed by atoms with Gasteiger partial charge in [0.2, 0.25) is 11.8 Å². The third-order valence-electron chi connectivity index (χ3n) is 4.50. The van der Waals surface area contributed by atoms with Crippen molar-refractivity contribution in [2.75, 3.05) is 13.7 Å². The number of hydrogen-bond donors (Lipinski definition) is 1. The van der Waals surface area contributed by atoms with Gasteiger partial charge in [-0.15, -0.1) is 0 Å². The fraction of sp³-hybridized carbons (Fsp3) is 0.364. The molecule has 2 rings (SSSR count). The number of ether oxygens (including phenoxy) is 1. The largest absolute Gasteiger partial charge is 0.494 e. The summed E-state index contributed by atoms with van der Waals surface area (Å²) in [5, 5.41) is 3.24. The number of amides is 2. The summed E-state index contributed by atoms with van der Waals surface area (Å²) in [5.41, 5.74) is 2.09. The SMILES string of the molecule is CNC(=O)C(C)N(Cc1ccc(Cl)cc1)C(=O)CCCOc1ccc(C)cc1. The summed E-state index contributed by atoms with van der Waals surface area (Å²) in [6.45, 7) is 4.54. The second-order valence-corrected chi connectivity index (χ2v) is 7.14. The lowest BCUT2D eigenvalue weighted by atomic mass is 10.1. The van der Waals surface area contributed by atoms with Crippen LogP contribution in [0.2, 0.25) is 5.02 Å². The van der Waals surface area contributed by atoms with Gasteiger partial charge in [-0.1, -0.05) is 41.4 Å². The van der Waals surface area contributed by atoms with Crippen molar-refractivity contribution in [1.29, 1.82) is 0 Å². The van der Waals surface area contributed by atoms with Crippen LogP contribution < -0.4 is 10.1 Å². The molecule has 0 saturated carbocycles. The highest BCUT2D eigenvalue weighted by molar-refractivity contribution is 6.30. The van der Waals surface area contributed by atoms with Gasteiger partial charge in [0.25, 0.3) is 0 Å². The molecular weight excluding hydrogens is 376 g/mol. The quantitative estimate of drug-likeness (QED) is 0.645. The smallest absolute Gasteiger partial charge is 0.242 e. The van der Waals surface area contributed by atoms with Crippen LogP contribution in [0.15, 0.2) is 48.5 Å². The van der Waals surface area contributed by atoms with E-state index in [2.05, 4.69) is 5.32 Å². The maximum Gasteiger partial charge on any atom is 0.242 e. The van der Waals surface area contributed by atoms with Crippen LogP contribution in [0.1, 0.15) is 30.9 Å². The van der Waals surface area contributed by atoms with E-state index in [0.29, 0.717) is 31.0 Å². The topological polar surface area (TPSA) is 58.6 Å². The first-order valence-corrected chi connectivity index (χ1v) is 9.73. The molecule has 0 radical (unpaired) electrons. The van der Waals surface area contributed by atoms with Crippen LogP contribution >= 0.6 is 11.6 Å². The van der Waals surface area contributed by atoms with E-state index < -0.39 is 6.04 Å². The summed E-state index contributed by atoms with van der Waals surface area (Å²) < 4.78 is 5.69. The van der Waals surface area contributed by atoms with E-state index in [4.69, 9.17) is 16.3 Å². The maximum atomic E-state index is 12.8. The van der Waals surface area contributed by atoms with E-state index in [9.17, 15) is 9.59 Å². The van der Waals surface area contributed by atoms with E-state index in [-0.39, 0.29) is 11.8 Å². The highest BCUT2D eigenvalue weighted by atomic mass is 35.5. The third-order valence-corrected chi connectivity index (χ3v) is 4.76. The summed E-state index contributed by atoms with van der Waals surface area (Å²) in [6.07, 6.45) is 0.880. The zero-order chi connectivity index (χ0) is 20.5. The molecule has 6 heteroatoms. The van der Waals surface area contributed by atoms with E-state index in [1.54, 1.807) is 31.0 Å². The normalized spacial score (nSPS) is 11.6. The summed E-state index contributed by atoms with van der Waals surface area (Å²) in [7, 11) is 1.57. The van der Waals surface area contributed by atoms with Gasteiger partial charge in [0.05, 0.1) is 6.61 Å². The number of halogens is 1. The van der Waals surface area contributed by atoms with Crippen LogP contribution in [0.3, 0.4) is 0 Å². The molecule has 0 heterocycles. The van der Waals surface area contributed by atoms with Crippen molar-refractivity contribution in [1.82, 2.24) is 10.2 Å². The van der Waals surface area contributed by atoms with Crippen molar-refractivity contribution in [3.8, 4) is 5.75 Å². The molecule has 28 heavy (non-hydrogen) atoms. The Morgan fingerprint density at radius 2 is 1.75 bits per heavy atom. The Labute approximate surface area is 171 Å². The Morgan fingerprint density at radius 1 is 1.11 bits per heavy atom. The Kier molecular flexibility index (Phi) is 8.33. The predicted octanol–water partition coefficient (Wildman–Crippen LogP) is 3.97. The van der Waals surface area contributed by atoms with Crippen LogP contribution in [0.4, 0.5) is 0 Å². The van der Waals surface area contributed by atoms with Gasteiger partial charge in [0.1, 0.15) is 11.8 Å². The van der Waals surface area contributed by atoms with Crippen molar-refractivity contribution in [2.24, 2.45) is 0 Å². The summed E-state index contributed by atoms with van der Waals surface area (Å²) in [5.74, 6) is 0.506. The van der Waals surface area contributed by atoms with Gasteiger partial charge in [-0.25, -0.2) is 0 Å². The average Bonchev–Trinajstić information content (AvgIpc) is 2.70. The van der Waals surface area contributed by atoms with Gasteiger partial charge >= 0.3 is 0 Å². The highest BCUT2D eigenvalue weighted by Crippen LogP contribution is 2.16. The van der Waals surface area contributed by atoms with E-state index >= 15 is 0 Å². The van der Waals surface area contributed by atoms with Gasteiger partial charge in [-0.05, 0) is 50.1 Å². The lowest BCUT2D eigenvalue weighted by Gasteiger charge is -2.28. The van der Waals surface area contributed by atoms with Crippen LogP contribution in [0, 0.1) is 6.92 Å². The Bertz CT molecular complexity index is 775.